The summed E-state index contributed by atoms with van der Waals surface area (Å²) in [7, 11) is 0. The van der Waals surface area contributed by atoms with Crippen molar-refractivity contribution in [3.63, 3.8) is 0 Å². The molecule has 1 aromatic carbocycles. The first-order chi connectivity index (χ1) is 11.7. The Morgan fingerprint density at radius 2 is 1.84 bits per heavy atom. The summed E-state index contributed by atoms with van der Waals surface area (Å²) in [5, 5.41) is 8.19. The molecular weight excluding hydrogens is 314 g/mol. The van der Waals surface area contributed by atoms with Crippen molar-refractivity contribution in [1.29, 1.82) is 0 Å². The Hall–Kier alpha value is -2.14. The van der Waals surface area contributed by atoms with Gasteiger partial charge < -0.3 is 10.1 Å². The molecule has 1 N–H and O–H groups in total. The lowest BCUT2D eigenvalue weighted by molar-refractivity contribution is -0.131. The third-order valence-electron chi connectivity index (χ3n) is 4.55. The Labute approximate surface area is 150 Å². The van der Waals surface area contributed by atoms with Gasteiger partial charge in [-0.05, 0) is 58.2 Å². The fraction of sp³-hybridized carbons (Fsp3) is 0.500. The maximum absolute atomic E-state index is 11.2. The van der Waals surface area contributed by atoms with Crippen LogP contribution in [-0.4, -0.2) is 15.7 Å². The van der Waals surface area contributed by atoms with Gasteiger partial charge in [0.15, 0.2) is 0 Å². The molecule has 5 nitrogen and oxygen atoms in total. The molecule has 0 aliphatic rings. The average molecular weight is 343 g/mol. The van der Waals surface area contributed by atoms with Crippen molar-refractivity contribution in [1.82, 2.24) is 15.1 Å². The van der Waals surface area contributed by atoms with Crippen LogP contribution in [0, 0.1) is 27.7 Å². The third kappa shape index (κ3) is 4.28. The van der Waals surface area contributed by atoms with E-state index in [1.165, 1.54) is 23.7 Å². The summed E-state index contributed by atoms with van der Waals surface area (Å²) in [6, 6.07) is 4.36. The maximum atomic E-state index is 11.2. The van der Waals surface area contributed by atoms with Gasteiger partial charge in [0.25, 0.3) is 0 Å². The number of nitrogens with zero attached hydrogens (tertiary/aromatic N) is 2. The summed E-state index contributed by atoms with van der Waals surface area (Å²) in [6.07, 6.45) is 0. The number of aromatic nitrogens is 2. The Kier molecular flexibility index (Phi) is 6.01. The zero-order chi connectivity index (χ0) is 18.7. The molecule has 25 heavy (non-hydrogen) atoms. The van der Waals surface area contributed by atoms with Crippen LogP contribution >= 0.6 is 0 Å². The molecule has 136 valence electrons. The topological polar surface area (TPSA) is 56.1 Å². The number of aryl methyl sites for hydroxylation is 4. The van der Waals surface area contributed by atoms with E-state index in [-0.39, 0.29) is 12.0 Å². The normalized spacial score (nSPS) is 12.3. The van der Waals surface area contributed by atoms with Crippen molar-refractivity contribution >= 4 is 5.97 Å². The second kappa shape index (κ2) is 7.83. The molecule has 0 radical (unpaired) electrons. The van der Waals surface area contributed by atoms with Gasteiger partial charge in [0.05, 0.1) is 5.69 Å². The van der Waals surface area contributed by atoms with E-state index < -0.39 is 0 Å². The van der Waals surface area contributed by atoms with Gasteiger partial charge in [0.1, 0.15) is 5.75 Å². The smallest absolute Gasteiger partial charge is 0.308 e. The lowest BCUT2D eigenvalue weighted by Crippen LogP contribution is -2.19. The summed E-state index contributed by atoms with van der Waals surface area (Å²) in [5.41, 5.74) is 6.70. The highest BCUT2D eigenvalue weighted by Crippen LogP contribution is 2.26. The van der Waals surface area contributed by atoms with E-state index in [0.29, 0.717) is 5.75 Å². The van der Waals surface area contributed by atoms with Gasteiger partial charge in [0.2, 0.25) is 0 Å². The van der Waals surface area contributed by atoms with Gasteiger partial charge >= 0.3 is 5.97 Å². The Morgan fingerprint density at radius 3 is 2.32 bits per heavy atom. The van der Waals surface area contributed by atoms with Crippen molar-refractivity contribution in [3.8, 4) is 5.75 Å². The van der Waals surface area contributed by atoms with Crippen LogP contribution in [0.3, 0.4) is 0 Å². The van der Waals surface area contributed by atoms with Crippen LogP contribution in [0.2, 0.25) is 0 Å². The van der Waals surface area contributed by atoms with Gasteiger partial charge in [-0.25, -0.2) is 0 Å². The fourth-order valence-corrected chi connectivity index (χ4v) is 3.47. The molecule has 2 rings (SSSR count). The number of ether oxygens (including phenoxy) is 1. The third-order valence-corrected chi connectivity index (χ3v) is 4.55. The Balaban J connectivity index is 2.14. The Morgan fingerprint density at radius 1 is 1.24 bits per heavy atom. The van der Waals surface area contributed by atoms with Gasteiger partial charge in [-0.3, -0.25) is 9.48 Å². The molecule has 1 aromatic heterocycles. The highest BCUT2D eigenvalue weighted by Gasteiger charge is 2.17. The Bertz CT molecular complexity index is 754. The van der Waals surface area contributed by atoms with E-state index in [1.54, 1.807) is 0 Å². The predicted octanol–water partition coefficient (Wildman–Crippen LogP) is 3.91. The molecule has 0 aliphatic heterocycles. The number of rotatable bonds is 6. The highest BCUT2D eigenvalue weighted by atomic mass is 16.5. The van der Waals surface area contributed by atoms with Crippen molar-refractivity contribution in [2.75, 3.05) is 0 Å². The minimum absolute atomic E-state index is 0.217. The molecule has 1 atom stereocenters. The lowest BCUT2D eigenvalue weighted by Gasteiger charge is -2.17. The first-order valence-corrected chi connectivity index (χ1v) is 8.80. The minimum Gasteiger partial charge on any atom is -0.426 e. The molecule has 0 saturated heterocycles. The van der Waals surface area contributed by atoms with Crippen LogP contribution in [0.25, 0.3) is 0 Å². The van der Waals surface area contributed by atoms with Crippen LogP contribution in [0.5, 0.6) is 5.75 Å². The summed E-state index contributed by atoms with van der Waals surface area (Å²) in [6.45, 7) is 15.5. The molecule has 2 aromatic rings. The summed E-state index contributed by atoms with van der Waals surface area (Å²) >= 11 is 0. The average Bonchev–Trinajstić information content (AvgIpc) is 2.82. The second-order valence-electron chi connectivity index (χ2n) is 6.66. The molecule has 0 saturated carbocycles. The number of hydrogen-bond acceptors (Lipinski definition) is 4. The van der Waals surface area contributed by atoms with Crippen molar-refractivity contribution in [2.45, 2.75) is 67.6 Å². The number of esters is 1. The second-order valence-corrected chi connectivity index (χ2v) is 6.66. The van der Waals surface area contributed by atoms with E-state index >= 15 is 0 Å². The zero-order valence-electron chi connectivity index (χ0n) is 16.4. The van der Waals surface area contributed by atoms with Crippen molar-refractivity contribution in [2.24, 2.45) is 0 Å². The number of benzene rings is 1. The number of hydrogen-bond donors (Lipinski definition) is 1. The first kappa shape index (κ1) is 19.2. The van der Waals surface area contributed by atoms with E-state index in [2.05, 4.69) is 50.2 Å². The molecule has 5 heteroatoms. The van der Waals surface area contributed by atoms with E-state index in [4.69, 9.17) is 4.74 Å². The van der Waals surface area contributed by atoms with Gasteiger partial charge in [-0.2, -0.15) is 5.10 Å². The minimum atomic E-state index is -0.287. The van der Waals surface area contributed by atoms with E-state index in [0.717, 1.165) is 29.9 Å². The lowest BCUT2D eigenvalue weighted by atomic mass is 10.0. The molecular formula is C20H29N3O2. The molecule has 0 fully saturated rings. The number of carbonyl (C=O) groups is 1. The standard InChI is InChI=1S/C20H29N3O2/c1-8-23-16(6)19(15(5)22-23)14(4)21-11-18-9-12(2)20(13(3)10-18)25-17(7)24/h9-10,14,21H,8,11H2,1-7H3. The maximum Gasteiger partial charge on any atom is 0.308 e. The fourth-order valence-electron chi connectivity index (χ4n) is 3.47. The highest BCUT2D eigenvalue weighted by molar-refractivity contribution is 5.70. The first-order valence-electron chi connectivity index (χ1n) is 8.80. The summed E-state index contributed by atoms with van der Waals surface area (Å²) < 4.78 is 7.35. The van der Waals surface area contributed by atoms with Gasteiger partial charge in [0, 0.05) is 37.3 Å². The van der Waals surface area contributed by atoms with Gasteiger partial charge in [-0.15, -0.1) is 0 Å². The molecule has 0 aliphatic carbocycles. The number of nitrogens with one attached hydrogen (secondary N) is 1. The SMILES string of the molecule is CCn1nc(C)c(C(C)NCc2cc(C)c(OC(C)=O)c(C)c2)c1C. The van der Waals surface area contributed by atoms with Crippen molar-refractivity contribution < 1.29 is 9.53 Å². The largest absolute Gasteiger partial charge is 0.426 e. The van der Waals surface area contributed by atoms with E-state index in [1.807, 2.05) is 18.5 Å². The molecule has 0 spiro atoms. The summed E-state index contributed by atoms with van der Waals surface area (Å²) in [4.78, 5) is 11.2. The van der Waals surface area contributed by atoms with Gasteiger partial charge in [-0.1, -0.05) is 12.1 Å². The van der Waals surface area contributed by atoms with Crippen molar-refractivity contribution in [3.05, 3.63) is 45.8 Å². The van der Waals surface area contributed by atoms with Crippen LogP contribution < -0.4 is 10.1 Å². The summed E-state index contributed by atoms with van der Waals surface area (Å²) in [5.74, 6) is 0.379. The molecule has 0 amide bonds. The van der Waals surface area contributed by atoms with Crippen LogP contribution in [0.1, 0.15) is 60.5 Å². The number of carbonyl (C=O) groups excluding carboxylic acids is 1. The quantitative estimate of drug-likeness (QED) is 0.638. The van der Waals surface area contributed by atoms with E-state index in [9.17, 15) is 4.79 Å². The predicted molar refractivity (Wildman–Crippen MR) is 99.9 cm³/mol. The van der Waals surface area contributed by atoms with Crippen LogP contribution in [0.15, 0.2) is 12.1 Å². The zero-order valence-corrected chi connectivity index (χ0v) is 16.4. The molecule has 1 heterocycles. The molecule has 0 bridgehead atoms. The van der Waals surface area contributed by atoms with Crippen LogP contribution in [-0.2, 0) is 17.9 Å². The van der Waals surface area contributed by atoms with Crippen LogP contribution in [0.4, 0.5) is 0 Å². The monoisotopic (exact) mass is 343 g/mol. The molecule has 1 unspecified atom stereocenters.